The van der Waals surface area contributed by atoms with Gasteiger partial charge in [-0.1, -0.05) is 18.2 Å². The van der Waals surface area contributed by atoms with Crippen LogP contribution in [0.25, 0.3) is 0 Å². The fourth-order valence-electron chi connectivity index (χ4n) is 3.18. The van der Waals surface area contributed by atoms with E-state index in [1.165, 1.54) is 0 Å². The van der Waals surface area contributed by atoms with Crippen LogP contribution in [0.1, 0.15) is 11.4 Å². The Kier molecular flexibility index (Phi) is 6.75. The lowest BCUT2D eigenvalue weighted by Gasteiger charge is -2.11. The van der Waals surface area contributed by atoms with Crippen molar-refractivity contribution in [2.24, 2.45) is 0 Å². The van der Waals surface area contributed by atoms with E-state index in [1.54, 1.807) is 13.3 Å². The monoisotopic (exact) mass is 440 g/mol. The van der Waals surface area contributed by atoms with Crippen molar-refractivity contribution in [1.82, 2.24) is 15.0 Å². The van der Waals surface area contributed by atoms with Crippen molar-refractivity contribution >= 4 is 34.7 Å². The molecule has 0 saturated carbocycles. The third kappa shape index (κ3) is 6.27. The standard InChI is InChI=1S/C25H24N6O2/c1-17-27-23(16-24(28-17)31-22-5-3-4-14-26-22)29-19-8-10-20(11-9-19)30-25(32)15-18-6-12-21(33-2)13-7-18/h3-14,16H,15H2,1-2H3,(H,30,32)(H2,26,27,28,29,31). The number of amides is 1. The number of carbonyl (C=O) groups excluding carboxylic acids is 1. The maximum Gasteiger partial charge on any atom is 0.228 e. The van der Waals surface area contributed by atoms with E-state index < -0.39 is 0 Å². The molecule has 2 aromatic carbocycles. The molecular weight excluding hydrogens is 416 g/mol. The number of ether oxygens (including phenoxy) is 1. The number of anilines is 5. The molecule has 166 valence electrons. The average molecular weight is 441 g/mol. The first-order valence-electron chi connectivity index (χ1n) is 10.4. The zero-order valence-corrected chi connectivity index (χ0v) is 18.4. The predicted molar refractivity (Wildman–Crippen MR) is 129 cm³/mol. The summed E-state index contributed by atoms with van der Waals surface area (Å²) in [7, 11) is 1.62. The molecule has 0 radical (unpaired) electrons. The summed E-state index contributed by atoms with van der Waals surface area (Å²) < 4.78 is 5.14. The topological polar surface area (TPSA) is 101 Å². The molecule has 1 amide bonds. The van der Waals surface area contributed by atoms with Crippen LogP contribution >= 0.6 is 0 Å². The number of hydrogen-bond donors (Lipinski definition) is 3. The third-order valence-electron chi connectivity index (χ3n) is 4.72. The van der Waals surface area contributed by atoms with Gasteiger partial charge in [-0.05, 0) is 61.0 Å². The second-order valence-corrected chi connectivity index (χ2v) is 7.30. The lowest BCUT2D eigenvalue weighted by atomic mass is 10.1. The molecule has 0 aliphatic carbocycles. The van der Waals surface area contributed by atoms with Crippen LogP contribution in [0.4, 0.5) is 28.8 Å². The van der Waals surface area contributed by atoms with Crippen LogP contribution in [0.3, 0.4) is 0 Å². The number of hydrogen-bond acceptors (Lipinski definition) is 7. The van der Waals surface area contributed by atoms with Crippen LogP contribution in [0.5, 0.6) is 5.75 Å². The molecule has 0 fully saturated rings. The smallest absolute Gasteiger partial charge is 0.228 e. The first kappa shape index (κ1) is 21.8. The minimum atomic E-state index is -0.0856. The summed E-state index contributed by atoms with van der Waals surface area (Å²) in [6.07, 6.45) is 2.00. The quantitative estimate of drug-likeness (QED) is 0.360. The van der Waals surface area contributed by atoms with Crippen LogP contribution in [0, 0.1) is 6.92 Å². The Morgan fingerprint density at radius 2 is 1.55 bits per heavy atom. The Labute approximate surface area is 192 Å². The van der Waals surface area contributed by atoms with Crippen LogP contribution in [0.15, 0.2) is 79.0 Å². The van der Waals surface area contributed by atoms with Crippen molar-refractivity contribution in [2.45, 2.75) is 13.3 Å². The molecule has 8 nitrogen and oxygen atoms in total. The molecule has 0 bridgehead atoms. The summed E-state index contributed by atoms with van der Waals surface area (Å²) in [6.45, 7) is 1.83. The molecule has 0 aliphatic rings. The summed E-state index contributed by atoms with van der Waals surface area (Å²) in [5, 5.41) is 9.35. The number of benzene rings is 2. The molecule has 0 atom stereocenters. The van der Waals surface area contributed by atoms with Gasteiger partial charge in [-0.15, -0.1) is 0 Å². The van der Waals surface area contributed by atoms with Gasteiger partial charge >= 0.3 is 0 Å². The van der Waals surface area contributed by atoms with Crippen LogP contribution in [0.2, 0.25) is 0 Å². The molecule has 4 rings (SSSR count). The normalized spacial score (nSPS) is 10.4. The highest BCUT2D eigenvalue weighted by atomic mass is 16.5. The fourth-order valence-corrected chi connectivity index (χ4v) is 3.18. The first-order valence-corrected chi connectivity index (χ1v) is 10.4. The second kappa shape index (κ2) is 10.2. The molecule has 0 unspecified atom stereocenters. The highest BCUT2D eigenvalue weighted by Gasteiger charge is 2.07. The highest BCUT2D eigenvalue weighted by molar-refractivity contribution is 5.92. The number of aryl methyl sites for hydroxylation is 1. The number of aromatic nitrogens is 3. The molecule has 0 saturated heterocycles. The molecule has 2 aromatic heterocycles. The molecule has 3 N–H and O–H groups in total. The van der Waals surface area contributed by atoms with E-state index in [-0.39, 0.29) is 12.3 Å². The summed E-state index contributed by atoms with van der Waals surface area (Å²) >= 11 is 0. The van der Waals surface area contributed by atoms with E-state index in [4.69, 9.17) is 4.74 Å². The van der Waals surface area contributed by atoms with E-state index in [2.05, 4.69) is 30.9 Å². The molecule has 8 heteroatoms. The molecule has 0 aliphatic heterocycles. The van der Waals surface area contributed by atoms with Crippen molar-refractivity contribution in [3.05, 3.63) is 90.4 Å². The van der Waals surface area contributed by atoms with Gasteiger partial charge in [0.25, 0.3) is 0 Å². The number of nitrogens with zero attached hydrogens (tertiary/aromatic N) is 3. The summed E-state index contributed by atoms with van der Waals surface area (Å²) in [5.41, 5.74) is 2.47. The lowest BCUT2D eigenvalue weighted by Crippen LogP contribution is -2.14. The zero-order valence-electron chi connectivity index (χ0n) is 18.4. The van der Waals surface area contributed by atoms with Crippen LogP contribution < -0.4 is 20.7 Å². The molecular formula is C25H24N6O2. The average Bonchev–Trinajstić information content (AvgIpc) is 2.81. The minimum Gasteiger partial charge on any atom is -0.497 e. The van der Waals surface area contributed by atoms with E-state index in [9.17, 15) is 4.79 Å². The van der Waals surface area contributed by atoms with E-state index in [1.807, 2.05) is 79.7 Å². The maximum absolute atomic E-state index is 12.4. The van der Waals surface area contributed by atoms with Crippen molar-refractivity contribution in [3.8, 4) is 5.75 Å². The Bertz CT molecular complexity index is 1210. The minimum absolute atomic E-state index is 0.0856. The SMILES string of the molecule is COc1ccc(CC(=O)Nc2ccc(Nc3cc(Nc4ccccn4)nc(C)n3)cc2)cc1. The van der Waals surface area contributed by atoms with Gasteiger partial charge in [-0.3, -0.25) is 4.79 Å². The van der Waals surface area contributed by atoms with Crippen molar-refractivity contribution in [2.75, 3.05) is 23.1 Å². The molecule has 2 heterocycles. The Hall–Kier alpha value is -4.46. The van der Waals surface area contributed by atoms with Gasteiger partial charge in [0.05, 0.1) is 13.5 Å². The van der Waals surface area contributed by atoms with Gasteiger partial charge in [-0.2, -0.15) is 0 Å². The largest absolute Gasteiger partial charge is 0.497 e. The van der Waals surface area contributed by atoms with Gasteiger partial charge in [0.15, 0.2) is 0 Å². The highest BCUT2D eigenvalue weighted by Crippen LogP contribution is 2.21. The third-order valence-corrected chi connectivity index (χ3v) is 4.72. The first-order chi connectivity index (χ1) is 16.1. The molecule has 4 aromatic rings. The van der Waals surface area contributed by atoms with Crippen molar-refractivity contribution < 1.29 is 9.53 Å². The maximum atomic E-state index is 12.4. The Morgan fingerprint density at radius 1 is 0.848 bits per heavy atom. The summed E-state index contributed by atoms with van der Waals surface area (Å²) in [4.78, 5) is 25.4. The van der Waals surface area contributed by atoms with Gasteiger partial charge in [-0.25, -0.2) is 15.0 Å². The lowest BCUT2D eigenvalue weighted by molar-refractivity contribution is -0.115. The number of rotatable bonds is 8. The Balaban J connectivity index is 1.36. The van der Waals surface area contributed by atoms with Crippen LogP contribution in [-0.2, 0) is 11.2 Å². The van der Waals surface area contributed by atoms with E-state index in [0.29, 0.717) is 23.3 Å². The van der Waals surface area contributed by atoms with Crippen LogP contribution in [-0.4, -0.2) is 28.0 Å². The summed E-state index contributed by atoms with van der Waals surface area (Å²) in [6, 6.07) is 22.3. The van der Waals surface area contributed by atoms with Gasteiger partial charge in [0.1, 0.15) is 29.0 Å². The molecule has 0 spiro atoms. The zero-order chi connectivity index (χ0) is 23.0. The van der Waals surface area contributed by atoms with Crippen molar-refractivity contribution in [3.63, 3.8) is 0 Å². The van der Waals surface area contributed by atoms with Gasteiger partial charge in [0.2, 0.25) is 5.91 Å². The van der Waals surface area contributed by atoms with E-state index in [0.717, 1.165) is 22.7 Å². The summed E-state index contributed by atoms with van der Waals surface area (Å²) in [5.74, 6) is 3.30. The number of carbonyl (C=O) groups is 1. The van der Waals surface area contributed by atoms with Gasteiger partial charge in [0, 0.05) is 23.6 Å². The van der Waals surface area contributed by atoms with Gasteiger partial charge < -0.3 is 20.7 Å². The van der Waals surface area contributed by atoms with E-state index >= 15 is 0 Å². The predicted octanol–water partition coefficient (Wildman–Crippen LogP) is 4.86. The fraction of sp³-hybridized carbons (Fsp3) is 0.120. The molecule has 33 heavy (non-hydrogen) atoms. The second-order valence-electron chi connectivity index (χ2n) is 7.30. The number of nitrogens with one attached hydrogen (secondary N) is 3. The number of methoxy groups -OCH3 is 1. The Morgan fingerprint density at radius 3 is 2.21 bits per heavy atom. The number of pyridine rings is 1. The van der Waals surface area contributed by atoms with Crippen molar-refractivity contribution in [1.29, 1.82) is 0 Å².